The summed E-state index contributed by atoms with van der Waals surface area (Å²) in [6.07, 6.45) is 0. The van der Waals surface area contributed by atoms with Crippen molar-refractivity contribution in [2.75, 3.05) is 0 Å². The van der Waals surface area contributed by atoms with Gasteiger partial charge in [0.25, 0.3) is 5.69 Å². The van der Waals surface area contributed by atoms with E-state index in [-0.39, 0.29) is 11.5 Å². The number of benzene rings is 1. The van der Waals surface area contributed by atoms with E-state index in [0.717, 1.165) is 22.7 Å². The molecule has 1 aliphatic rings. The standard InChI is InChI=1S/C8H4Cl2F2N2O/c9-8-14(10)13-7(15-8)5-3-4(11)1-2-6(5)12/h1-3,8H. The molecule has 1 aromatic carbocycles. The highest BCUT2D eigenvalue weighted by atomic mass is 35.5. The summed E-state index contributed by atoms with van der Waals surface area (Å²) in [7, 11) is 0. The molecule has 0 saturated heterocycles. The Bertz CT molecular complexity index is 427. The molecule has 0 fully saturated rings. The van der Waals surface area contributed by atoms with Gasteiger partial charge in [-0.1, -0.05) is 11.6 Å². The molecular weight excluding hydrogens is 249 g/mol. The molecule has 3 nitrogen and oxygen atoms in total. The van der Waals surface area contributed by atoms with E-state index in [0.29, 0.717) is 0 Å². The quantitative estimate of drug-likeness (QED) is 0.436. The second kappa shape index (κ2) is 3.83. The molecule has 1 unspecified atom stereocenters. The smallest absolute Gasteiger partial charge is 0.281 e. The van der Waals surface area contributed by atoms with Gasteiger partial charge >= 0.3 is 0 Å². The Kier molecular flexibility index (Phi) is 2.67. The van der Waals surface area contributed by atoms with Gasteiger partial charge in [0.05, 0.1) is 5.56 Å². The van der Waals surface area contributed by atoms with E-state index in [1.54, 1.807) is 0 Å². The zero-order valence-electron chi connectivity index (χ0n) is 7.12. The predicted molar refractivity (Wildman–Crippen MR) is 51.3 cm³/mol. The second-order valence-corrected chi connectivity index (χ2v) is 3.45. The fourth-order valence-corrected chi connectivity index (χ4v) is 1.31. The number of halogens is 4. The summed E-state index contributed by atoms with van der Waals surface area (Å²) < 4.78 is 31.8. The monoisotopic (exact) mass is 252 g/mol. The van der Waals surface area contributed by atoms with Crippen LogP contribution in [0.5, 0.6) is 0 Å². The average Bonchev–Trinajstić information content (AvgIpc) is 2.51. The van der Waals surface area contributed by atoms with E-state index in [1.165, 1.54) is 0 Å². The number of hydrogen-bond acceptors (Lipinski definition) is 3. The molecule has 0 amide bonds. The van der Waals surface area contributed by atoms with Gasteiger partial charge < -0.3 is 4.74 Å². The molecule has 80 valence electrons. The number of alkyl halides is 1. The Hall–Kier alpha value is -1.07. The van der Waals surface area contributed by atoms with Crippen molar-refractivity contribution in [2.24, 2.45) is 5.10 Å². The minimum atomic E-state index is -1.02. The van der Waals surface area contributed by atoms with E-state index >= 15 is 0 Å². The van der Waals surface area contributed by atoms with Crippen molar-refractivity contribution in [1.82, 2.24) is 4.53 Å². The SMILES string of the molecule is Fc1ccc(F)c(C2=NN(Cl)C(Cl)O2)c1. The maximum absolute atomic E-state index is 13.2. The lowest BCUT2D eigenvalue weighted by Gasteiger charge is -2.06. The van der Waals surface area contributed by atoms with Gasteiger partial charge in [-0.2, -0.15) is 0 Å². The van der Waals surface area contributed by atoms with Gasteiger partial charge in [-0.05, 0) is 18.2 Å². The van der Waals surface area contributed by atoms with Gasteiger partial charge in [-0.25, -0.2) is 8.78 Å². The van der Waals surface area contributed by atoms with Crippen LogP contribution in [0.3, 0.4) is 0 Å². The van der Waals surface area contributed by atoms with E-state index in [9.17, 15) is 8.78 Å². The highest BCUT2D eigenvalue weighted by Crippen LogP contribution is 2.23. The normalized spacial score (nSPS) is 20.1. The number of rotatable bonds is 1. The third-order valence-electron chi connectivity index (χ3n) is 1.72. The minimum Gasteiger partial charge on any atom is -0.435 e. The predicted octanol–water partition coefficient (Wildman–Crippen LogP) is 2.63. The Balaban J connectivity index is 2.38. The van der Waals surface area contributed by atoms with E-state index < -0.39 is 17.3 Å². The van der Waals surface area contributed by atoms with E-state index in [2.05, 4.69) is 5.10 Å². The lowest BCUT2D eigenvalue weighted by Crippen LogP contribution is -2.13. The summed E-state index contributed by atoms with van der Waals surface area (Å²) >= 11 is 11.0. The van der Waals surface area contributed by atoms with Crippen LogP contribution in [0.15, 0.2) is 23.3 Å². The fourth-order valence-electron chi connectivity index (χ4n) is 1.07. The van der Waals surface area contributed by atoms with Crippen LogP contribution in [0.4, 0.5) is 8.78 Å². The molecule has 0 bridgehead atoms. The minimum absolute atomic E-state index is 0.121. The Morgan fingerprint density at radius 3 is 2.73 bits per heavy atom. The highest BCUT2D eigenvalue weighted by molar-refractivity contribution is 6.25. The molecule has 0 aromatic heterocycles. The maximum Gasteiger partial charge on any atom is 0.281 e. The van der Waals surface area contributed by atoms with Crippen molar-refractivity contribution in [2.45, 2.75) is 5.69 Å². The van der Waals surface area contributed by atoms with Crippen LogP contribution in [0.25, 0.3) is 0 Å². The molecule has 0 spiro atoms. The van der Waals surface area contributed by atoms with Gasteiger partial charge in [0, 0.05) is 11.8 Å². The Morgan fingerprint density at radius 2 is 2.13 bits per heavy atom. The molecule has 2 rings (SSSR count). The highest BCUT2D eigenvalue weighted by Gasteiger charge is 2.27. The summed E-state index contributed by atoms with van der Waals surface area (Å²) in [5, 5.41) is 3.60. The maximum atomic E-state index is 13.2. The molecule has 0 radical (unpaired) electrons. The zero-order valence-corrected chi connectivity index (χ0v) is 8.64. The van der Waals surface area contributed by atoms with Crippen LogP contribution in [0.1, 0.15) is 5.56 Å². The van der Waals surface area contributed by atoms with E-state index in [1.807, 2.05) is 0 Å². The zero-order chi connectivity index (χ0) is 11.0. The summed E-state index contributed by atoms with van der Waals surface area (Å²) in [6, 6.07) is 2.91. The largest absolute Gasteiger partial charge is 0.435 e. The molecule has 0 saturated carbocycles. The summed E-state index contributed by atoms with van der Waals surface area (Å²) in [5.41, 5.74) is -1.15. The first-order valence-electron chi connectivity index (χ1n) is 3.87. The van der Waals surface area contributed by atoms with Gasteiger partial charge in [0.15, 0.2) is 0 Å². The number of hydrazone groups is 1. The first-order chi connectivity index (χ1) is 7.08. The third kappa shape index (κ3) is 1.98. The van der Waals surface area contributed by atoms with Crippen LogP contribution in [-0.2, 0) is 4.74 Å². The lowest BCUT2D eigenvalue weighted by molar-refractivity contribution is 0.204. The molecule has 7 heteroatoms. The number of hydrogen-bond donors (Lipinski definition) is 0. The molecule has 1 aromatic rings. The van der Waals surface area contributed by atoms with Crippen molar-refractivity contribution in [3.05, 3.63) is 35.4 Å². The van der Waals surface area contributed by atoms with Crippen LogP contribution in [0, 0.1) is 11.6 Å². The van der Waals surface area contributed by atoms with Gasteiger partial charge in [0.2, 0.25) is 5.90 Å². The Morgan fingerprint density at radius 1 is 1.40 bits per heavy atom. The summed E-state index contributed by atoms with van der Waals surface area (Å²) in [4.78, 5) is 0. The second-order valence-electron chi connectivity index (χ2n) is 2.73. The van der Waals surface area contributed by atoms with Crippen molar-refractivity contribution < 1.29 is 13.5 Å². The molecule has 15 heavy (non-hydrogen) atoms. The van der Waals surface area contributed by atoms with Crippen molar-refractivity contribution in [3.63, 3.8) is 0 Å². The van der Waals surface area contributed by atoms with E-state index in [4.69, 9.17) is 28.1 Å². The van der Waals surface area contributed by atoms with Crippen molar-refractivity contribution in [1.29, 1.82) is 0 Å². The third-order valence-corrected chi connectivity index (χ3v) is 2.35. The fraction of sp³-hybridized carbons (Fsp3) is 0.125. The molecule has 0 aliphatic carbocycles. The number of nitrogens with zero attached hydrogens (tertiary/aromatic N) is 2. The van der Waals surface area contributed by atoms with Crippen molar-refractivity contribution >= 4 is 29.3 Å². The van der Waals surface area contributed by atoms with Crippen LogP contribution < -0.4 is 0 Å². The van der Waals surface area contributed by atoms with Crippen LogP contribution in [-0.4, -0.2) is 16.1 Å². The summed E-state index contributed by atoms with van der Waals surface area (Å²) in [5.74, 6) is -1.41. The van der Waals surface area contributed by atoms with Gasteiger partial charge in [-0.3, -0.25) is 0 Å². The van der Waals surface area contributed by atoms with Crippen LogP contribution >= 0.6 is 23.4 Å². The molecule has 1 heterocycles. The molecular formula is C8H4Cl2F2N2O. The van der Waals surface area contributed by atoms with Gasteiger partial charge in [-0.15, -0.1) is 9.63 Å². The molecule has 0 N–H and O–H groups in total. The Labute approximate surface area is 93.9 Å². The molecule has 1 aliphatic heterocycles. The van der Waals surface area contributed by atoms with Gasteiger partial charge in [0.1, 0.15) is 11.6 Å². The van der Waals surface area contributed by atoms with Crippen molar-refractivity contribution in [3.8, 4) is 0 Å². The first kappa shape index (κ1) is 10.4. The topological polar surface area (TPSA) is 24.8 Å². The average molecular weight is 253 g/mol. The number of ether oxygens (including phenoxy) is 1. The summed E-state index contributed by atoms with van der Waals surface area (Å²) in [6.45, 7) is 0. The van der Waals surface area contributed by atoms with Crippen LogP contribution in [0.2, 0.25) is 0 Å². The molecule has 1 atom stereocenters. The lowest BCUT2D eigenvalue weighted by atomic mass is 10.2. The first-order valence-corrected chi connectivity index (χ1v) is 4.65.